The summed E-state index contributed by atoms with van der Waals surface area (Å²) in [6.45, 7) is 8.09. The minimum absolute atomic E-state index is 0.192. The first kappa shape index (κ1) is 19.5. The van der Waals surface area contributed by atoms with Crippen molar-refractivity contribution in [2.75, 3.05) is 13.2 Å². The second-order valence-electron chi connectivity index (χ2n) is 5.01. The number of rotatable bonds is 10. The number of ether oxygens (including phenoxy) is 4. The van der Waals surface area contributed by atoms with Crippen LogP contribution in [0.5, 0.6) is 0 Å². The summed E-state index contributed by atoms with van der Waals surface area (Å²) >= 11 is 0. The summed E-state index contributed by atoms with van der Waals surface area (Å²) in [4.78, 5) is 22.5. The predicted molar refractivity (Wildman–Crippen MR) is 78.2 cm³/mol. The van der Waals surface area contributed by atoms with Crippen molar-refractivity contribution >= 4 is 12.3 Å². The molecule has 6 nitrogen and oxygen atoms in total. The topological polar surface area (TPSA) is 71.1 Å². The van der Waals surface area contributed by atoms with Crippen LogP contribution < -0.4 is 0 Å². The minimum Gasteiger partial charge on any atom is -0.434 e. The maximum Gasteiger partial charge on any atom is 0.508 e. The van der Waals surface area contributed by atoms with Crippen molar-refractivity contribution < 1.29 is 28.5 Å². The molecule has 124 valence electrons. The standard InChI is InChI=1S/C15H28O6/c1-5-7-10-18-15(17)21-13(6-2)9-8-11-19-14(16)20-12(3)4/h12-13H,5-11H2,1-4H3. The molecule has 0 radical (unpaired) electrons. The molecule has 0 aliphatic heterocycles. The van der Waals surface area contributed by atoms with E-state index >= 15 is 0 Å². The molecular formula is C15H28O6. The summed E-state index contributed by atoms with van der Waals surface area (Å²) in [5.74, 6) is 0. The number of hydrogen-bond donors (Lipinski definition) is 0. The lowest BCUT2D eigenvalue weighted by Gasteiger charge is -2.16. The zero-order valence-corrected chi connectivity index (χ0v) is 13.6. The Hall–Kier alpha value is -1.46. The molecule has 6 heteroatoms. The molecule has 21 heavy (non-hydrogen) atoms. The second-order valence-corrected chi connectivity index (χ2v) is 5.01. The van der Waals surface area contributed by atoms with E-state index in [1.54, 1.807) is 13.8 Å². The number of carbonyl (C=O) groups excluding carboxylic acids is 2. The van der Waals surface area contributed by atoms with Crippen molar-refractivity contribution in [2.24, 2.45) is 0 Å². The minimum atomic E-state index is -0.669. The number of carbonyl (C=O) groups is 2. The van der Waals surface area contributed by atoms with E-state index in [2.05, 4.69) is 0 Å². The molecule has 0 aromatic heterocycles. The monoisotopic (exact) mass is 304 g/mol. The molecule has 1 atom stereocenters. The Kier molecular flexibility index (Phi) is 11.4. The van der Waals surface area contributed by atoms with Gasteiger partial charge in [-0.05, 0) is 39.5 Å². The van der Waals surface area contributed by atoms with Crippen LogP contribution in [0.2, 0.25) is 0 Å². The third-order valence-electron chi connectivity index (χ3n) is 2.66. The van der Waals surface area contributed by atoms with Gasteiger partial charge < -0.3 is 18.9 Å². The first-order valence-corrected chi connectivity index (χ1v) is 7.66. The number of unbranched alkanes of at least 4 members (excludes halogenated alkanes) is 1. The molecule has 0 fully saturated rings. The van der Waals surface area contributed by atoms with E-state index in [1.165, 1.54) is 0 Å². The average Bonchev–Trinajstić information content (AvgIpc) is 2.41. The molecule has 0 aliphatic rings. The SMILES string of the molecule is CCCCOC(=O)OC(CC)CCCOC(=O)OC(C)C. The van der Waals surface area contributed by atoms with E-state index in [-0.39, 0.29) is 18.8 Å². The van der Waals surface area contributed by atoms with Crippen LogP contribution in [0, 0.1) is 0 Å². The summed E-state index contributed by atoms with van der Waals surface area (Å²) in [6.07, 6.45) is 2.01. The predicted octanol–water partition coefficient (Wildman–Crippen LogP) is 4.06. The van der Waals surface area contributed by atoms with Crippen LogP contribution in [0.1, 0.15) is 59.8 Å². The Labute approximate surface area is 127 Å². The zero-order valence-electron chi connectivity index (χ0n) is 13.6. The average molecular weight is 304 g/mol. The summed E-state index contributed by atoms with van der Waals surface area (Å²) in [5, 5.41) is 0. The highest BCUT2D eigenvalue weighted by molar-refractivity contribution is 5.60. The van der Waals surface area contributed by atoms with Crippen molar-refractivity contribution in [2.45, 2.75) is 72.0 Å². The van der Waals surface area contributed by atoms with E-state index in [4.69, 9.17) is 18.9 Å². The van der Waals surface area contributed by atoms with Crippen LogP contribution in [-0.4, -0.2) is 37.7 Å². The van der Waals surface area contributed by atoms with Gasteiger partial charge in [-0.3, -0.25) is 0 Å². The summed E-state index contributed by atoms with van der Waals surface area (Å²) in [6, 6.07) is 0. The van der Waals surface area contributed by atoms with E-state index in [0.29, 0.717) is 25.9 Å². The smallest absolute Gasteiger partial charge is 0.434 e. The van der Waals surface area contributed by atoms with Crippen molar-refractivity contribution in [3.63, 3.8) is 0 Å². The van der Waals surface area contributed by atoms with Gasteiger partial charge >= 0.3 is 12.3 Å². The Morgan fingerprint density at radius 1 is 0.905 bits per heavy atom. The lowest BCUT2D eigenvalue weighted by Crippen LogP contribution is -2.20. The summed E-state index contributed by atoms with van der Waals surface area (Å²) < 4.78 is 19.9. The maximum atomic E-state index is 11.4. The molecule has 1 unspecified atom stereocenters. The molecule has 0 N–H and O–H groups in total. The molecule has 0 saturated carbocycles. The fraction of sp³-hybridized carbons (Fsp3) is 0.867. The van der Waals surface area contributed by atoms with Crippen LogP contribution in [0.3, 0.4) is 0 Å². The van der Waals surface area contributed by atoms with Gasteiger partial charge in [-0.1, -0.05) is 20.3 Å². The summed E-state index contributed by atoms with van der Waals surface area (Å²) in [5.41, 5.74) is 0. The molecule has 0 saturated heterocycles. The lowest BCUT2D eigenvalue weighted by atomic mass is 10.1. The maximum absolute atomic E-state index is 11.4. The quantitative estimate of drug-likeness (QED) is 0.447. The fourth-order valence-corrected chi connectivity index (χ4v) is 1.51. The van der Waals surface area contributed by atoms with Crippen LogP contribution in [0.25, 0.3) is 0 Å². The van der Waals surface area contributed by atoms with Crippen LogP contribution in [0.15, 0.2) is 0 Å². The molecule has 0 aromatic carbocycles. The molecule has 0 bridgehead atoms. The third-order valence-corrected chi connectivity index (χ3v) is 2.66. The normalized spacial score (nSPS) is 11.9. The molecule has 0 spiro atoms. The first-order chi connectivity index (χ1) is 9.99. The van der Waals surface area contributed by atoms with Crippen molar-refractivity contribution in [1.82, 2.24) is 0 Å². The van der Waals surface area contributed by atoms with Gasteiger partial charge in [0.25, 0.3) is 0 Å². The Bertz CT molecular complexity index is 290. The Morgan fingerprint density at radius 2 is 1.48 bits per heavy atom. The lowest BCUT2D eigenvalue weighted by molar-refractivity contribution is 0.0107. The largest absolute Gasteiger partial charge is 0.508 e. The second kappa shape index (κ2) is 12.3. The first-order valence-electron chi connectivity index (χ1n) is 7.66. The molecule has 0 amide bonds. The third kappa shape index (κ3) is 12.0. The molecular weight excluding hydrogens is 276 g/mol. The van der Waals surface area contributed by atoms with Gasteiger partial charge in [0.1, 0.15) is 6.10 Å². The van der Waals surface area contributed by atoms with Gasteiger partial charge in [-0.2, -0.15) is 0 Å². The molecule has 0 rings (SSSR count). The van der Waals surface area contributed by atoms with Crippen molar-refractivity contribution in [3.8, 4) is 0 Å². The van der Waals surface area contributed by atoms with Crippen LogP contribution >= 0.6 is 0 Å². The highest BCUT2D eigenvalue weighted by Gasteiger charge is 2.14. The van der Waals surface area contributed by atoms with Crippen molar-refractivity contribution in [3.05, 3.63) is 0 Å². The Balaban J connectivity index is 3.74. The van der Waals surface area contributed by atoms with Gasteiger partial charge in [-0.15, -0.1) is 0 Å². The highest BCUT2D eigenvalue weighted by atomic mass is 16.7. The number of hydrogen-bond acceptors (Lipinski definition) is 6. The molecule has 0 aromatic rings. The van der Waals surface area contributed by atoms with Gasteiger partial charge in [0.05, 0.1) is 19.3 Å². The van der Waals surface area contributed by atoms with Crippen LogP contribution in [0.4, 0.5) is 9.59 Å². The summed E-state index contributed by atoms with van der Waals surface area (Å²) in [7, 11) is 0. The van der Waals surface area contributed by atoms with Gasteiger partial charge in [0, 0.05) is 0 Å². The fourth-order valence-electron chi connectivity index (χ4n) is 1.51. The zero-order chi connectivity index (χ0) is 16.1. The van der Waals surface area contributed by atoms with E-state index in [1.807, 2.05) is 13.8 Å². The van der Waals surface area contributed by atoms with Crippen LogP contribution in [-0.2, 0) is 18.9 Å². The van der Waals surface area contributed by atoms with Gasteiger partial charge in [-0.25, -0.2) is 9.59 Å². The molecule has 0 aliphatic carbocycles. The van der Waals surface area contributed by atoms with Crippen molar-refractivity contribution in [1.29, 1.82) is 0 Å². The van der Waals surface area contributed by atoms with Gasteiger partial charge in [0.15, 0.2) is 0 Å². The molecule has 0 heterocycles. The van der Waals surface area contributed by atoms with E-state index < -0.39 is 12.3 Å². The van der Waals surface area contributed by atoms with Gasteiger partial charge in [0.2, 0.25) is 0 Å². The Morgan fingerprint density at radius 3 is 2.00 bits per heavy atom. The van der Waals surface area contributed by atoms with E-state index in [0.717, 1.165) is 12.8 Å². The highest BCUT2D eigenvalue weighted by Crippen LogP contribution is 2.09. The van der Waals surface area contributed by atoms with E-state index in [9.17, 15) is 9.59 Å².